The van der Waals surface area contributed by atoms with Crippen molar-refractivity contribution in [1.29, 1.82) is 0 Å². The minimum absolute atomic E-state index is 0.518. The Hall–Kier alpha value is -3.34. The van der Waals surface area contributed by atoms with Crippen LogP contribution in [0, 0.1) is 0 Å². The van der Waals surface area contributed by atoms with Gasteiger partial charge in [-0.3, -0.25) is 0 Å². The molecule has 0 saturated heterocycles. The van der Waals surface area contributed by atoms with Crippen LogP contribution < -0.4 is 10.6 Å². The van der Waals surface area contributed by atoms with Crippen LogP contribution in [0.2, 0.25) is 0 Å². The zero-order valence-electron chi connectivity index (χ0n) is 12.8. The summed E-state index contributed by atoms with van der Waals surface area (Å²) in [5.41, 5.74) is 1.11. The van der Waals surface area contributed by atoms with Crippen LogP contribution in [0.25, 0.3) is 10.8 Å². The third-order valence-electron chi connectivity index (χ3n) is 3.66. The molecule has 0 aliphatic carbocycles. The lowest BCUT2D eigenvalue weighted by atomic mass is 10.0. The molecule has 5 heteroatoms. The number of aliphatic carboxylic acids is 1. The Balaban J connectivity index is 1.81. The lowest BCUT2D eigenvalue weighted by Gasteiger charge is -2.16. The standard InChI is InChI=1S/C19H16N2O3/c22-18(23)17(21-19(24)20-16-8-2-1-3-9-16)15-11-10-13-6-4-5-7-14(13)12-15/h1-12,17H,(H,22,23)(H2,20,21,24). The highest BCUT2D eigenvalue weighted by Crippen LogP contribution is 2.21. The van der Waals surface area contributed by atoms with Crippen molar-refractivity contribution in [1.82, 2.24) is 5.32 Å². The summed E-state index contributed by atoms with van der Waals surface area (Å²) in [5.74, 6) is -1.12. The molecule has 3 N–H and O–H groups in total. The van der Waals surface area contributed by atoms with E-state index in [1.807, 2.05) is 36.4 Å². The Morgan fingerprint density at radius 1 is 0.833 bits per heavy atom. The number of carboxylic acids is 1. The number of carbonyl (C=O) groups is 2. The maximum absolute atomic E-state index is 12.1. The maximum atomic E-state index is 12.1. The van der Waals surface area contributed by atoms with Gasteiger partial charge in [-0.1, -0.05) is 54.6 Å². The summed E-state index contributed by atoms with van der Waals surface area (Å²) in [6, 6.07) is 20.2. The highest BCUT2D eigenvalue weighted by Gasteiger charge is 2.22. The normalized spacial score (nSPS) is 11.7. The quantitative estimate of drug-likeness (QED) is 0.684. The molecule has 0 fully saturated rings. The molecule has 3 aromatic carbocycles. The fraction of sp³-hybridized carbons (Fsp3) is 0.0526. The molecule has 0 aromatic heterocycles. The van der Waals surface area contributed by atoms with Gasteiger partial charge in [0, 0.05) is 5.69 Å². The van der Waals surface area contributed by atoms with Gasteiger partial charge in [-0.2, -0.15) is 0 Å². The molecule has 2 amide bonds. The van der Waals surface area contributed by atoms with Crippen LogP contribution in [-0.2, 0) is 4.79 Å². The first-order valence-corrected chi connectivity index (χ1v) is 7.47. The fourth-order valence-corrected chi connectivity index (χ4v) is 2.49. The van der Waals surface area contributed by atoms with E-state index in [-0.39, 0.29) is 0 Å². The van der Waals surface area contributed by atoms with Gasteiger partial charge in [0.1, 0.15) is 0 Å². The Morgan fingerprint density at radius 3 is 2.21 bits per heavy atom. The lowest BCUT2D eigenvalue weighted by molar-refractivity contribution is -0.139. The van der Waals surface area contributed by atoms with Gasteiger partial charge in [-0.25, -0.2) is 9.59 Å². The van der Waals surface area contributed by atoms with Gasteiger partial charge in [-0.15, -0.1) is 0 Å². The van der Waals surface area contributed by atoms with Crippen LogP contribution in [0.5, 0.6) is 0 Å². The van der Waals surface area contributed by atoms with E-state index >= 15 is 0 Å². The average Bonchev–Trinajstić information content (AvgIpc) is 2.60. The van der Waals surface area contributed by atoms with Crippen LogP contribution in [-0.4, -0.2) is 17.1 Å². The van der Waals surface area contributed by atoms with Crippen molar-refractivity contribution < 1.29 is 14.7 Å². The predicted molar refractivity (Wildman–Crippen MR) is 92.9 cm³/mol. The summed E-state index contributed by atoms with van der Waals surface area (Å²) in [6.07, 6.45) is 0. The molecule has 120 valence electrons. The molecule has 0 heterocycles. The van der Waals surface area contributed by atoms with Crippen LogP contribution in [0.15, 0.2) is 72.8 Å². The fourth-order valence-electron chi connectivity index (χ4n) is 2.49. The first kappa shape index (κ1) is 15.6. The maximum Gasteiger partial charge on any atom is 0.330 e. The van der Waals surface area contributed by atoms with Crippen molar-refractivity contribution in [2.24, 2.45) is 0 Å². The smallest absolute Gasteiger partial charge is 0.330 e. The Bertz CT molecular complexity index is 878. The number of anilines is 1. The van der Waals surface area contributed by atoms with Crippen LogP contribution >= 0.6 is 0 Å². The average molecular weight is 320 g/mol. The van der Waals surface area contributed by atoms with E-state index in [0.717, 1.165) is 10.8 Å². The molecule has 0 radical (unpaired) electrons. The molecule has 5 nitrogen and oxygen atoms in total. The molecule has 24 heavy (non-hydrogen) atoms. The molecule has 0 spiro atoms. The number of hydrogen-bond acceptors (Lipinski definition) is 2. The molecule has 0 aliphatic heterocycles. The van der Waals surface area contributed by atoms with Crippen molar-refractivity contribution in [3.63, 3.8) is 0 Å². The Kier molecular flexibility index (Phi) is 4.43. The lowest BCUT2D eigenvalue weighted by Crippen LogP contribution is -2.36. The minimum Gasteiger partial charge on any atom is -0.479 e. The minimum atomic E-state index is -1.13. The van der Waals surface area contributed by atoms with Crippen molar-refractivity contribution in [3.8, 4) is 0 Å². The van der Waals surface area contributed by atoms with E-state index in [0.29, 0.717) is 11.3 Å². The highest BCUT2D eigenvalue weighted by molar-refractivity contribution is 5.93. The van der Waals surface area contributed by atoms with Gasteiger partial charge in [0.05, 0.1) is 0 Å². The third-order valence-corrected chi connectivity index (χ3v) is 3.66. The number of fused-ring (bicyclic) bond motifs is 1. The van der Waals surface area contributed by atoms with Gasteiger partial charge < -0.3 is 15.7 Å². The zero-order valence-corrected chi connectivity index (χ0v) is 12.8. The molecule has 0 bridgehead atoms. The number of benzene rings is 3. The summed E-state index contributed by atoms with van der Waals surface area (Å²) >= 11 is 0. The summed E-state index contributed by atoms with van der Waals surface area (Å²) in [6.45, 7) is 0. The van der Waals surface area contributed by atoms with E-state index in [4.69, 9.17) is 0 Å². The first-order chi connectivity index (χ1) is 11.6. The summed E-state index contributed by atoms with van der Waals surface area (Å²) in [7, 11) is 0. The summed E-state index contributed by atoms with van der Waals surface area (Å²) < 4.78 is 0. The first-order valence-electron chi connectivity index (χ1n) is 7.47. The van der Waals surface area contributed by atoms with Gasteiger partial charge in [0.15, 0.2) is 6.04 Å². The van der Waals surface area contributed by atoms with E-state index in [1.54, 1.807) is 36.4 Å². The van der Waals surface area contributed by atoms with Crippen molar-refractivity contribution in [2.45, 2.75) is 6.04 Å². The number of nitrogens with one attached hydrogen (secondary N) is 2. The van der Waals surface area contributed by atoms with E-state index in [9.17, 15) is 14.7 Å². The second kappa shape index (κ2) is 6.83. The number of carbonyl (C=O) groups excluding carboxylic acids is 1. The van der Waals surface area contributed by atoms with Gasteiger partial charge in [-0.05, 0) is 34.5 Å². The molecule has 0 aliphatic rings. The number of para-hydroxylation sites is 1. The topological polar surface area (TPSA) is 78.4 Å². The zero-order chi connectivity index (χ0) is 16.9. The molecular weight excluding hydrogens is 304 g/mol. The number of amides is 2. The molecule has 1 atom stereocenters. The molecule has 3 rings (SSSR count). The predicted octanol–water partition coefficient (Wildman–Crippen LogP) is 3.79. The third kappa shape index (κ3) is 3.52. The number of carboxylic acid groups (broad SMARTS) is 1. The number of rotatable bonds is 4. The van der Waals surface area contributed by atoms with E-state index < -0.39 is 18.0 Å². The van der Waals surface area contributed by atoms with Crippen molar-refractivity contribution in [2.75, 3.05) is 5.32 Å². The second-order valence-corrected chi connectivity index (χ2v) is 5.34. The molecule has 3 aromatic rings. The Labute approximate surface area is 138 Å². The SMILES string of the molecule is O=C(Nc1ccccc1)NC(C(=O)O)c1ccc2ccccc2c1. The van der Waals surface area contributed by atoms with E-state index in [2.05, 4.69) is 10.6 Å². The Morgan fingerprint density at radius 2 is 1.50 bits per heavy atom. The van der Waals surface area contributed by atoms with Gasteiger partial charge in [0.25, 0.3) is 0 Å². The molecular formula is C19H16N2O3. The molecule has 1 unspecified atom stereocenters. The second-order valence-electron chi connectivity index (χ2n) is 5.34. The van der Waals surface area contributed by atoms with Gasteiger partial charge in [0.2, 0.25) is 0 Å². The van der Waals surface area contributed by atoms with Crippen molar-refractivity contribution >= 4 is 28.5 Å². The van der Waals surface area contributed by atoms with Crippen LogP contribution in [0.4, 0.5) is 10.5 Å². The summed E-state index contributed by atoms with van der Waals surface area (Å²) in [4.78, 5) is 23.7. The highest BCUT2D eigenvalue weighted by atomic mass is 16.4. The molecule has 0 saturated carbocycles. The van der Waals surface area contributed by atoms with Crippen LogP contribution in [0.3, 0.4) is 0 Å². The van der Waals surface area contributed by atoms with Crippen molar-refractivity contribution in [3.05, 3.63) is 78.4 Å². The van der Waals surface area contributed by atoms with Crippen LogP contribution in [0.1, 0.15) is 11.6 Å². The summed E-state index contributed by atoms with van der Waals surface area (Å²) in [5, 5.41) is 16.5. The van der Waals surface area contributed by atoms with Gasteiger partial charge >= 0.3 is 12.0 Å². The monoisotopic (exact) mass is 320 g/mol. The van der Waals surface area contributed by atoms with E-state index in [1.165, 1.54) is 0 Å². The number of hydrogen-bond donors (Lipinski definition) is 3. The largest absolute Gasteiger partial charge is 0.479 e. The number of urea groups is 1.